The first kappa shape index (κ1) is 27.5. The maximum absolute atomic E-state index is 12.8. The SMILES string of the molecule is Cc1c(C(=O)O)oc2ccc(SN(CCc3ccccc3)c3ccccc3N3CCN(C(=O)c4cnco4)CC3)cc12. The van der Waals surface area contributed by atoms with Crippen LogP contribution < -0.4 is 9.21 Å². The van der Waals surface area contributed by atoms with Gasteiger partial charge >= 0.3 is 5.97 Å². The number of aromatic nitrogens is 1. The fourth-order valence-electron chi connectivity index (χ4n) is 5.25. The summed E-state index contributed by atoms with van der Waals surface area (Å²) in [4.78, 5) is 33.4. The number of aromatic carboxylic acids is 1. The number of hydrogen-bond donors (Lipinski definition) is 1. The molecular weight excluding hydrogens is 552 g/mol. The highest BCUT2D eigenvalue weighted by atomic mass is 32.2. The molecule has 2 aromatic heterocycles. The summed E-state index contributed by atoms with van der Waals surface area (Å²) in [5.41, 5.74) is 4.59. The van der Waals surface area contributed by atoms with E-state index >= 15 is 0 Å². The van der Waals surface area contributed by atoms with Crippen LogP contribution in [0.15, 0.2) is 99.1 Å². The number of carboxylic acid groups (broad SMARTS) is 1. The minimum Gasteiger partial charge on any atom is -0.475 e. The lowest BCUT2D eigenvalue weighted by atomic mass is 10.1. The number of rotatable bonds is 9. The van der Waals surface area contributed by atoms with Gasteiger partial charge in [0.1, 0.15) is 5.58 Å². The third-order valence-electron chi connectivity index (χ3n) is 7.46. The number of amides is 1. The second-order valence-electron chi connectivity index (χ2n) is 10.1. The van der Waals surface area contributed by atoms with E-state index in [1.807, 2.05) is 36.4 Å². The molecule has 1 amide bonds. The summed E-state index contributed by atoms with van der Waals surface area (Å²) < 4.78 is 13.1. The third kappa shape index (κ3) is 5.71. The Morgan fingerprint density at radius 3 is 2.50 bits per heavy atom. The van der Waals surface area contributed by atoms with E-state index < -0.39 is 5.97 Å². The van der Waals surface area contributed by atoms with Crippen LogP contribution in [-0.4, -0.2) is 59.6 Å². The standard InChI is InChI=1S/C32H30N4O5S/c1-22-25-19-24(11-12-28(25)41-30(22)32(38)39)42-36(14-13-23-7-3-2-4-8-23)27-10-6-5-9-26(27)34-15-17-35(18-16-34)31(37)29-20-33-21-40-29/h2-12,19-21H,13-18H2,1H3,(H,38,39). The van der Waals surface area contributed by atoms with Gasteiger partial charge in [0.2, 0.25) is 11.5 Å². The van der Waals surface area contributed by atoms with Gasteiger partial charge in [-0.25, -0.2) is 9.78 Å². The van der Waals surface area contributed by atoms with Gasteiger partial charge in [0, 0.05) is 48.6 Å². The molecule has 0 bridgehead atoms. The van der Waals surface area contributed by atoms with E-state index in [1.54, 1.807) is 23.8 Å². The zero-order valence-electron chi connectivity index (χ0n) is 23.1. The summed E-state index contributed by atoms with van der Waals surface area (Å²) in [6.07, 6.45) is 3.58. The number of anilines is 2. The molecule has 42 heavy (non-hydrogen) atoms. The van der Waals surface area contributed by atoms with Crippen molar-refractivity contribution < 1.29 is 23.5 Å². The van der Waals surface area contributed by atoms with E-state index in [1.165, 1.54) is 18.2 Å². The second kappa shape index (κ2) is 12.0. The molecule has 3 aromatic carbocycles. The Bertz CT molecular complexity index is 1690. The lowest BCUT2D eigenvalue weighted by Crippen LogP contribution is -2.49. The Hall–Kier alpha value is -4.70. The molecule has 3 heterocycles. The quantitative estimate of drug-likeness (QED) is 0.205. The van der Waals surface area contributed by atoms with Crippen LogP contribution in [0.4, 0.5) is 11.4 Å². The highest BCUT2D eigenvalue weighted by molar-refractivity contribution is 8.00. The van der Waals surface area contributed by atoms with Gasteiger partial charge in [0.15, 0.2) is 6.39 Å². The summed E-state index contributed by atoms with van der Waals surface area (Å²) in [6, 6.07) is 24.5. The predicted octanol–water partition coefficient (Wildman–Crippen LogP) is 6.15. The Kier molecular flexibility index (Phi) is 7.87. The summed E-state index contributed by atoms with van der Waals surface area (Å²) in [7, 11) is 0. The number of oxazole rings is 1. The van der Waals surface area contributed by atoms with Crippen LogP contribution in [0.5, 0.6) is 0 Å². The van der Waals surface area contributed by atoms with E-state index in [0.29, 0.717) is 37.3 Å². The van der Waals surface area contributed by atoms with E-state index in [2.05, 4.69) is 50.6 Å². The average molecular weight is 583 g/mol. The summed E-state index contributed by atoms with van der Waals surface area (Å²) in [6.45, 7) is 5.05. The first-order chi connectivity index (χ1) is 20.5. The number of furan rings is 1. The zero-order chi connectivity index (χ0) is 29.1. The van der Waals surface area contributed by atoms with Crippen molar-refractivity contribution in [3.05, 3.63) is 108 Å². The fourth-order valence-corrected chi connectivity index (χ4v) is 6.24. The smallest absolute Gasteiger partial charge is 0.372 e. The molecule has 5 aromatic rings. The largest absolute Gasteiger partial charge is 0.475 e. The lowest BCUT2D eigenvalue weighted by molar-refractivity contribution is 0.0662. The van der Waals surface area contributed by atoms with Crippen LogP contribution in [-0.2, 0) is 6.42 Å². The van der Waals surface area contributed by atoms with Gasteiger partial charge in [0.05, 0.1) is 17.6 Å². The van der Waals surface area contributed by atoms with Gasteiger partial charge in [0.25, 0.3) is 5.91 Å². The van der Waals surface area contributed by atoms with Crippen molar-refractivity contribution >= 4 is 46.2 Å². The van der Waals surface area contributed by atoms with Crippen LogP contribution in [0.2, 0.25) is 0 Å². The maximum atomic E-state index is 12.8. The van der Waals surface area contributed by atoms with Crippen LogP contribution in [0, 0.1) is 6.92 Å². The van der Waals surface area contributed by atoms with Crippen molar-refractivity contribution in [3.63, 3.8) is 0 Å². The topological polar surface area (TPSA) is 103 Å². The van der Waals surface area contributed by atoms with Crippen LogP contribution in [0.3, 0.4) is 0 Å². The van der Waals surface area contributed by atoms with E-state index in [9.17, 15) is 14.7 Å². The number of piperazine rings is 1. The predicted molar refractivity (Wildman–Crippen MR) is 162 cm³/mol. The number of nitrogens with zero attached hydrogens (tertiary/aromatic N) is 4. The average Bonchev–Trinajstić information content (AvgIpc) is 3.68. The minimum atomic E-state index is -1.07. The molecule has 0 atom stereocenters. The minimum absolute atomic E-state index is 0.0284. The molecule has 0 aliphatic carbocycles. The zero-order valence-corrected chi connectivity index (χ0v) is 23.9. The molecule has 0 unspecified atom stereocenters. The molecule has 6 rings (SSSR count). The lowest BCUT2D eigenvalue weighted by Gasteiger charge is -2.38. The normalized spacial score (nSPS) is 13.5. The molecule has 0 spiro atoms. The number of fused-ring (bicyclic) bond motifs is 1. The molecule has 0 radical (unpaired) electrons. The molecule has 1 aliphatic heterocycles. The van der Waals surface area contributed by atoms with Crippen LogP contribution in [0.1, 0.15) is 32.2 Å². The first-order valence-electron chi connectivity index (χ1n) is 13.8. The number of benzene rings is 3. The maximum Gasteiger partial charge on any atom is 0.372 e. The molecule has 1 fully saturated rings. The molecular formula is C32H30N4O5S. The van der Waals surface area contributed by atoms with Crippen LogP contribution in [0.25, 0.3) is 11.0 Å². The number of carbonyl (C=O) groups is 2. The van der Waals surface area contributed by atoms with Crippen molar-refractivity contribution in [2.45, 2.75) is 18.2 Å². The number of carbonyl (C=O) groups excluding carboxylic acids is 1. The Balaban J connectivity index is 1.27. The van der Waals surface area contributed by atoms with Gasteiger partial charge in [-0.1, -0.05) is 42.5 Å². The summed E-state index contributed by atoms with van der Waals surface area (Å²) in [5.74, 6) is -0.984. The number of carboxylic acids is 1. The van der Waals surface area contributed by atoms with Gasteiger partial charge in [-0.15, -0.1) is 0 Å². The Morgan fingerprint density at radius 1 is 1.00 bits per heavy atom. The van der Waals surface area contributed by atoms with E-state index in [0.717, 1.165) is 34.6 Å². The number of aryl methyl sites for hydroxylation is 1. The van der Waals surface area contributed by atoms with Gasteiger partial charge in [-0.05, 0) is 61.2 Å². The van der Waals surface area contributed by atoms with Crippen molar-refractivity contribution in [3.8, 4) is 0 Å². The Labute approximate surface area is 247 Å². The van der Waals surface area contributed by atoms with E-state index in [4.69, 9.17) is 8.83 Å². The molecule has 10 heteroatoms. The van der Waals surface area contributed by atoms with Crippen molar-refractivity contribution in [2.24, 2.45) is 0 Å². The van der Waals surface area contributed by atoms with E-state index in [-0.39, 0.29) is 17.4 Å². The molecule has 1 saturated heterocycles. The summed E-state index contributed by atoms with van der Waals surface area (Å²) in [5, 5.41) is 10.3. The highest BCUT2D eigenvalue weighted by Crippen LogP contribution is 2.38. The Morgan fingerprint density at radius 2 is 1.76 bits per heavy atom. The highest BCUT2D eigenvalue weighted by Gasteiger charge is 2.26. The monoisotopic (exact) mass is 582 g/mol. The van der Waals surface area contributed by atoms with Crippen LogP contribution >= 0.6 is 11.9 Å². The van der Waals surface area contributed by atoms with Gasteiger partial charge in [-0.3, -0.25) is 4.79 Å². The number of para-hydroxylation sites is 2. The molecule has 1 aliphatic rings. The molecule has 0 saturated carbocycles. The fraction of sp³-hybridized carbons (Fsp3) is 0.219. The van der Waals surface area contributed by atoms with Gasteiger partial charge in [-0.2, -0.15) is 0 Å². The molecule has 214 valence electrons. The molecule has 9 nitrogen and oxygen atoms in total. The van der Waals surface area contributed by atoms with Gasteiger partial charge < -0.3 is 28.0 Å². The third-order valence-corrected chi connectivity index (χ3v) is 8.53. The summed E-state index contributed by atoms with van der Waals surface area (Å²) >= 11 is 1.62. The number of hydrogen-bond acceptors (Lipinski definition) is 8. The van der Waals surface area contributed by atoms with Crippen molar-refractivity contribution in [2.75, 3.05) is 41.9 Å². The van der Waals surface area contributed by atoms with Crippen molar-refractivity contribution in [1.82, 2.24) is 9.88 Å². The molecule has 1 N–H and O–H groups in total. The second-order valence-corrected chi connectivity index (χ2v) is 11.2. The van der Waals surface area contributed by atoms with Crippen molar-refractivity contribution in [1.29, 1.82) is 0 Å². The first-order valence-corrected chi connectivity index (χ1v) is 14.5.